The van der Waals surface area contributed by atoms with Crippen LogP contribution >= 0.6 is 0 Å². The molecular weight excluding hydrogens is 380 g/mol. The van der Waals surface area contributed by atoms with E-state index in [1.165, 1.54) is 15.9 Å². The third-order valence-corrected chi connectivity index (χ3v) is 5.26. The third kappa shape index (κ3) is 5.21. The first kappa shape index (κ1) is 20.0. The van der Waals surface area contributed by atoms with Crippen molar-refractivity contribution in [3.05, 3.63) is 71.5 Å². The second-order valence-electron chi connectivity index (χ2n) is 7.42. The number of tetrazole rings is 1. The van der Waals surface area contributed by atoms with Gasteiger partial charge in [-0.1, -0.05) is 42.5 Å². The molecule has 2 heterocycles. The van der Waals surface area contributed by atoms with Crippen LogP contribution in [0, 0.1) is 6.92 Å². The second kappa shape index (κ2) is 9.49. The average molecular weight is 406 g/mol. The molecule has 1 aliphatic rings. The molecule has 0 atom stereocenters. The predicted molar refractivity (Wildman–Crippen MR) is 112 cm³/mol. The number of carbonyl (C=O) groups is 1. The summed E-state index contributed by atoms with van der Waals surface area (Å²) in [6, 6.07) is 17.9. The Labute approximate surface area is 176 Å². The molecule has 1 aliphatic heterocycles. The maximum atomic E-state index is 12.6. The Hall–Kier alpha value is -3.26. The van der Waals surface area contributed by atoms with E-state index >= 15 is 0 Å². The molecule has 4 rings (SSSR count). The maximum absolute atomic E-state index is 12.6. The number of ether oxygens (including phenoxy) is 1. The van der Waals surface area contributed by atoms with Crippen LogP contribution in [0.25, 0.3) is 0 Å². The van der Waals surface area contributed by atoms with Crippen molar-refractivity contribution in [2.45, 2.75) is 26.6 Å². The molecule has 8 heteroatoms. The quantitative estimate of drug-likeness (QED) is 0.597. The van der Waals surface area contributed by atoms with Gasteiger partial charge in [0.25, 0.3) is 0 Å². The molecule has 0 unspecified atom stereocenters. The summed E-state index contributed by atoms with van der Waals surface area (Å²) in [7, 11) is 0. The van der Waals surface area contributed by atoms with Crippen LogP contribution in [0.2, 0.25) is 0 Å². The number of aryl methyl sites for hydroxylation is 1. The van der Waals surface area contributed by atoms with E-state index in [2.05, 4.69) is 51.5 Å². The van der Waals surface area contributed by atoms with Crippen molar-refractivity contribution in [3.8, 4) is 5.75 Å². The van der Waals surface area contributed by atoms with Gasteiger partial charge in [0.1, 0.15) is 12.3 Å². The Balaban J connectivity index is 1.23. The summed E-state index contributed by atoms with van der Waals surface area (Å²) in [6.45, 7) is 6.52. The molecule has 0 N–H and O–H groups in total. The number of piperazine rings is 1. The smallest absolute Gasteiger partial charge is 0.246 e. The van der Waals surface area contributed by atoms with Gasteiger partial charge in [-0.3, -0.25) is 9.69 Å². The maximum Gasteiger partial charge on any atom is 0.246 e. The summed E-state index contributed by atoms with van der Waals surface area (Å²) >= 11 is 0. The third-order valence-electron chi connectivity index (χ3n) is 5.26. The highest BCUT2D eigenvalue weighted by atomic mass is 16.5. The minimum Gasteiger partial charge on any atom is -0.485 e. The topological polar surface area (TPSA) is 76.4 Å². The highest BCUT2D eigenvalue weighted by Crippen LogP contribution is 2.13. The first-order chi connectivity index (χ1) is 14.7. The molecule has 1 saturated heterocycles. The van der Waals surface area contributed by atoms with Crippen molar-refractivity contribution in [1.29, 1.82) is 0 Å². The van der Waals surface area contributed by atoms with Crippen molar-refractivity contribution >= 4 is 5.91 Å². The number of hydrogen-bond acceptors (Lipinski definition) is 6. The molecule has 1 fully saturated rings. The monoisotopic (exact) mass is 406 g/mol. The van der Waals surface area contributed by atoms with Gasteiger partial charge in [0.15, 0.2) is 6.61 Å². The lowest BCUT2D eigenvalue weighted by Crippen LogP contribution is -2.49. The standard InChI is InChI=1S/C22H26N6O2/c1-18-7-5-6-8-19(18)15-26-11-13-27(14-12-26)22(29)16-28-24-21(23-25-28)17-30-20-9-3-2-4-10-20/h2-10H,11-17H2,1H3. The highest BCUT2D eigenvalue weighted by Gasteiger charge is 2.22. The molecule has 0 bridgehead atoms. The van der Waals surface area contributed by atoms with E-state index in [1.807, 2.05) is 35.2 Å². The van der Waals surface area contributed by atoms with E-state index in [0.29, 0.717) is 18.9 Å². The molecule has 0 aliphatic carbocycles. The van der Waals surface area contributed by atoms with Crippen LogP contribution < -0.4 is 4.74 Å². The van der Waals surface area contributed by atoms with Gasteiger partial charge in [-0.25, -0.2) is 0 Å². The summed E-state index contributed by atoms with van der Waals surface area (Å²) in [6.07, 6.45) is 0. The molecule has 8 nitrogen and oxygen atoms in total. The number of para-hydroxylation sites is 1. The van der Waals surface area contributed by atoms with E-state index in [-0.39, 0.29) is 19.1 Å². The van der Waals surface area contributed by atoms with Crippen LogP contribution in [0.5, 0.6) is 5.75 Å². The molecule has 3 aromatic rings. The summed E-state index contributed by atoms with van der Waals surface area (Å²) < 4.78 is 5.62. The lowest BCUT2D eigenvalue weighted by atomic mass is 10.1. The van der Waals surface area contributed by atoms with Gasteiger partial charge in [-0.05, 0) is 35.4 Å². The van der Waals surface area contributed by atoms with Gasteiger partial charge in [0, 0.05) is 32.7 Å². The van der Waals surface area contributed by atoms with Gasteiger partial charge in [0.05, 0.1) is 0 Å². The van der Waals surface area contributed by atoms with Crippen LogP contribution in [-0.4, -0.2) is 62.1 Å². The first-order valence-corrected chi connectivity index (χ1v) is 10.2. The number of hydrogen-bond donors (Lipinski definition) is 0. The van der Waals surface area contributed by atoms with Crippen LogP contribution in [-0.2, 0) is 24.5 Å². The zero-order chi connectivity index (χ0) is 20.8. The number of amides is 1. The highest BCUT2D eigenvalue weighted by molar-refractivity contribution is 5.75. The summed E-state index contributed by atoms with van der Waals surface area (Å²) in [4.78, 5) is 18.2. The van der Waals surface area contributed by atoms with E-state index in [0.717, 1.165) is 25.4 Å². The van der Waals surface area contributed by atoms with E-state index < -0.39 is 0 Å². The zero-order valence-corrected chi connectivity index (χ0v) is 17.1. The molecule has 156 valence electrons. The fourth-order valence-corrected chi connectivity index (χ4v) is 3.47. The summed E-state index contributed by atoms with van der Waals surface area (Å²) in [5.74, 6) is 1.21. The fourth-order valence-electron chi connectivity index (χ4n) is 3.47. The summed E-state index contributed by atoms with van der Waals surface area (Å²) in [5, 5.41) is 12.2. The summed E-state index contributed by atoms with van der Waals surface area (Å²) in [5.41, 5.74) is 2.65. The van der Waals surface area contributed by atoms with Crippen LogP contribution in [0.4, 0.5) is 0 Å². The molecule has 1 amide bonds. The number of nitrogens with zero attached hydrogens (tertiary/aromatic N) is 6. The van der Waals surface area contributed by atoms with Gasteiger partial charge < -0.3 is 9.64 Å². The van der Waals surface area contributed by atoms with Crippen molar-refractivity contribution in [2.75, 3.05) is 26.2 Å². The molecule has 2 aromatic carbocycles. The first-order valence-electron chi connectivity index (χ1n) is 10.2. The van der Waals surface area contributed by atoms with Crippen molar-refractivity contribution in [2.24, 2.45) is 0 Å². The SMILES string of the molecule is Cc1ccccc1CN1CCN(C(=O)Cn2nnc(COc3ccccc3)n2)CC1. The lowest BCUT2D eigenvalue weighted by Gasteiger charge is -2.34. The van der Waals surface area contributed by atoms with Gasteiger partial charge in [-0.2, -0.15) is 4.80 Å². The van der Waals surface area contributed by atoms with E-state index in [4.69, 9.17) is 4.74 Å². The average Bonchev–Trinajstić information content (AvgIpc) is 3.22. The van der Waals surface area contributed by atoms with Crippen LogP contribution in [0.1, 0.15) is 17.0 Å². The minimum atomic E-state index is 0.0125. The molecular formula is C22H26N6O2. The fraction of sp³-hybridized carbons (Fsp3) is 0.364. The Bertz CT molecular complexity index is 967. The van der Waals surface area contributed by atoms with E-state index in [1.54, 1.807) is 0 Å². The van der Waals surface area contributed by atoms with Crippen molar-refractivity contribution in [3.63, 3.8) is 0 Å². The van der Waals surface area contributed by atoms with Crippen LogP contribution in [0.3, 0.4) is 0 Å². The number of aromatic nitrogens is 4. The lowest BCUT2D eigenvalue weighted by molar-refractivity contribution is -0.134. The normalized spacial score (nSPS) is 14.6. The molecule has 0 saturated carbocycles. The number of benzene rings is 2. The predicted octanol–water partition coefficient (Wildman–Crippen LogP) is 1.90. The van der Waals surface area contributed by atoms with Gasteiger partial charge in [0.2, 0.25) is 11.7 Å². The molecule has 0 spiro atoms. The van der Waals surface area contributed by atoms with Gasteiger partial charge >= 0.3 is 0 Å². The molecule has 30 heavy (non-hydrogen) atoms. The number of carbonyl (C=O) groups excluding carboxylic acids is 1. The van der Waals surface area contributed by atoms with Crippen molar-refractivity contribution < 1.29 is 9.53 Å². The Kier molecular flexibility index (Phi) is 6.34. The molecule has 1 aromatic heterocycles. The Morgan fingerprint density at radius 1 is 1.00 bits per heavy atom. The largest absolute Gasteiger partial charge is 0.485 e. The minimum absolute atomic E-state index is 0.0125. The van der Waals surface area contributed by atoms with Crippen LogP contribution in [0.15, 0.2) is 54.6 Å². The van der Waals surface area contributed by atoms with Crippen molar-refractivity contribution in [1.82, 2.24) is 30.0 Å². The van der Waals surface area contributed by atoms with E-state index in [9.17, 15) is 4.79 Å². The Morgan fingerprint density at radius 2 is 1.73 bits per heavy atom. The zero-order valence-electron chi connectivity index (χ0n) is 17.1. The second-order valence-corrected chi connectivity index (χ2v) is 7.42. The Morgan fingerprint density at radius 3 is 2.50 bits per heavy atom. The molecule has 0 radical (unpaired) electrons. The number of rotatable bonds is 7. The van der Waals surface area contributed by atoms with Gasteiger partial charge in [-0.15, -0.1) is 10.2 Å².